The zero-order chi connectivity index (χ0) is 11.5. The third kappa shape index (κ3) is 1.88. The van der Waals surface area contributed by atoms with Crippen molar-refractivity contribution in [2.24, 2.45) is 11.7 Å². The number of nitrogens with zero attached hydrogens (tertiary/aromatic N) is 3. The Hall–Kier alpha value is -1.93. The van der Waals surface area contributed by atoms with Gasteiger partial charge in [-0.2, -0.15) is 5.26 Å². The molecule has 1 amide bonds. The normalized spacial score (nSPS) is 19.9. The minimum absolute atomic E-state index is 0.0607. The van der Waals surface area contributed by atoms with Crippen molar-refractivity contribution in [1.82, 2.24) is 4.98 Å². The topological polar surface area (TPSA) is 83.0 Å². The minimum atomic E-state index is 0.0607. The second-order valence-corrected chi connectivity index (χ2v) is 3.82. The van der Waals surface area contributed by atoms with E-state index in [-0.39, 0.29) is 11.8 Å². The van der Waals surface area contributed by atoms with E-state index < -0.39 is 0 Å². The smallest absolute Gasteiger partial charge is 0.227 e. The Kier molecular flexibility index (Phi) is 2.84. The summed E-state index contributed by atoms with van der Waals surface area (Å²) >= 11 is 0. The second-order valence-electron chi connectivity index (χ2n) is 3.82. The average Bonchev–Trinajstić information content (AvgIpc) is 2.71. The zero-order valence-electron chi connectivity index (χ0n) is 8.76. The molecule has 0 bridgehead atoms. The van der Waals surface area contributed by atoms with E-state index in [0.29, 0.717) is 25.2 Å². The fraction of sp³-hybridized carbons (Fsp3) is 0.364. The van der Waals surface area contributed by atoms with Crippen molar-refractivity contribution < 1.29 is 4.79 Å². The highest BCUT2D eigenvalue weighted by Gasteiger charge is 2.29. The van der Waals surface area contributed by atoms with Crippen LogP contribution >= 0.6 is 0 Å². The largest absolute Gasteiger partial charge is 0.330 e. The molecular formula is C11H12N4O. The highest BCUT2D eigenvalue weighted by atomic mass is 16.2. The van der Waals surface area contributed by atoms with Crippen LogP contribution in [0.15, 0.2) is 18.3 Å². The average molecular weight is 216 g/mol. The third-order valence-electron chi connectivity index (χ3n) is 2.71. The maximum Gasteiger partial charge on any atom is 0.227 e. The van der Waals surface area contributed by atoms with Crippen LogP contribution in [0.1, 0.15) is 12.1 Å². The summed E-state index contributed by atoms with van der Waals surface area (Å²) in [4.78, 5) is 17.2. The highest BCUT2D eigenvalue weighted by molar-refractivity contribution is 5.95. The summed E-state index contributed by atoms with van der Waals surface area (Å²) in [6.07, 6.45) is 2.03. The van der Waals surface area contributed by atoms with Gasteiger partial charge in [0.2, 0.25) is 5.91 Å². The van der Waals surface area contributed by atoms with Gasteiger partial charge in [0.25, 0.3) is 0 Å². The Morgan fingerprint density at radius 1 is 1.69 bits per heavy atom. The first-order valence-electron chi connectivity index (χ1n) is 5.11. The quantitative estimate of drug-likeness (QED) is 0.768. The van der Waals surface area contributed by atoms with Gasteiger partial charge in [-0.15, -0.1) is 0 Å². The first-order chi connectivity index (χ1) is 7.74. The van der Waals surface area contributed by atoms with Crippen LogP contribution in [0.25, 0.3) is 0 Å². The molecule has 1 unspecified atom stereocenters. The van der Waals surface area contributed by atoms with Gasteiger partial charge in [-0.05, 0) is 24.6 Å². The van der Waals surface area contributed by atoms with Crippen LogP contribution in [-0.4, -0.2) is 24.0 Å². The first kappa shape index (κ1) is 10.6. The number of pyridine rings is 1. The molecule has 0 spiro atoms. The monoisotopic (exact) mass is 216 g/mol. The summed E-state index contributed by atoms with van der Waals surface area (Å²) < 4.78 is 0. The molecule has 2 N–H and O–H groups in total. The lowest BCUT2D eigenvalue weighted by molar-refractivity contribution is -0.117. The predicted octanol–water partition coefficient (Wildman–Crippen LogP) is 0.265. The number of aromatic nitrogens is 1. The van der Waals surface area contributed by atoms with E-state index in [9.17, 15) is 4.79 Å². The standard InChI is InChI=1S/C11H12N4O/c12-5-8-3-11(16)15(7-8)10-1-2-14-9(4-10)6-13/h1-2,4,8H,3,5,7,12H2. The van der Waals surface area contributed by atoms with E-state index in [1.807, 2.05) is 6.07 Å². The molecule has 1 fully saturated rings. The number of carbonyl (C=O) groups is 1. The predicted molar refractivity (Wildman–Crippen MR) is 58.5 cm³/mol. The number of anilines is 1. The minimum Gasteiger partial charge on any atom is -0.330 e. The van der Waals surface area contributed by atoms with Gasteiger partial charge in [0.15, 0.2) is 0 Å². The van der Waals surface area contributed by atoms with Crippen LogP contribution in [0.4, 0.5) is 5.69 Å². The molecular weight excluding hydrogens is 204 g/mol. The van der Waals surface area contributed by atoms with Crippen LogP contribution in [0, 0.1) is 17.2 Å². The zero-order valence-corrected chi connectivity index (χ0v) is 8.76. The summed E-state index contributed by atoms with van der Waals surface area (Å²) in [5.74, 6) is 0.275. The van der Waals surface area contributed by atoms with Crippen LogP contribution in [0.2, 0.25) is 0 Å². The summed E-state index contributed by atoms with van der Waals surface area (Å²) in [5, 5.41) is 8.73. The Morgan fingerprint density at radius 2 is 2.50 bits per heavy atom. The second kappa shape index (κ2) is 4.29. The maximum absolute atomic E-state index is 11.7. The number of nitriles is 1. The fourth-order valence-corrected chi connectivity index (χ4v) is 1.84. The van der Waals surface area contributed by atoms with Crippen molar-refractivity contribution in [3.8, 4) is 6.07 Å². The SMILES string of the molecule is N#Cc1cc(N2CC(CN)CC2=O)ccn1. The maximum atomic E-state index is 11.7. The lowest BCUT2D eigenvalue weighted by Crippen LogP contribution is -2.25. The van der Waals surface area contributed by atoms with Gasteiger partial charge >= 0.3 is 0 Å². The van der Waals surface area contributed by atoms with Gasteiger partial charge < -0.3 is 10.6 Å². The van der Waals surface area contributed by atoms with Crippen LogP contribution in [-0.2, 0) is 4.79 Å². The van der Waals surface area contributed by atoms with Crippen molar-refractivity contribution in [1.29, 1.82) is 5.26 Å². The third-order valence-corrected chi connectivity index (χ3v) is 2.71. The van der Waals surface area contributed by atoms with E-state index in [4.69, 9.17) is 11.0 Å². The van der Waals surface area contributed by atoms with Gasteiger partial charge in [-0.1, -0.05) is 0 Å². The number of carbonyl (C=O) groups excluding carboxylic acids is 1. The van der Waals surface area contributed by atoms with Crippen LogP contribution in [0.5, 0.6) is 0 Å². The molecule has 5 heteroatoms. The van der Waals surface area contributed by atoms with Crippen molar-refractivity contribution in [3.05, 3.63) is 24.0 Å². The Balaban J connectivity index is 2.25. The number of nitrogens with two attached hydrogens (primary N) is 1. The molecule has 1 aliphatic heterocycles. The lowest BCUT2D eigenvalue weighted by Gasteiger charge is -2.16. The van der Waals surface area contributed by atoms with E-state index in [2.05, 4.69) is 4.98 Å². The number of hydrogen-bond donors (Lipinski definition) is 1. The van der Waals surface area contributed by atoms with E-state index in [1.54, 1.807) is 17.0 Å². The first-order valence-corrected chi connectivity index (χ1v) is 5.11. The molecule has 1 saturated heterocycles. The highest BCUT2D eigenvalue weighted by Crippen LogP contribution is 2.24. The molecule has 82 valence electrons. The van der Waals surface area contributed by atoms with Gasteiger partial charge in [-0.3, -0.25) is 4.79 Å². The molecule has 5 nitrogen and oxygen atoms in total. The summed E-state index contributed by atoms with van der Waals surface area (Å²) in [5.41, 5.74) is 6.60. The molecule has 0 aliphatic carbocycles. The number of rotatable bonds is 2. The van der Waals surface area contributed by atoms with Crippen molar-refractivity contribution in [3.63, 3.8) is 0 Å². The summed E-state index contributed by atoms with van der Waals surface area (Å²) in [6, 6.07) is 5.31. The molecule has 2 rings (SSSR count). The summed E-state index contributed by atoms with van der Waals surface area (Å²) in [7, 11) is 0. The molecule has 16 heavy (non-hydrogen) atoms. The Labute approximate surface area is 93.5 Å². The molecule has 1 aliphatic rings. The number of hydrogen-bond acceptors (Lipinski definition) is 4. The van der Waals surface area contributed by atoms with Crippen molar-refractivity contribution in [2.45, 2.75) is 6.42 Å². The molecule has 0 radical (unpaired) electrons. The van der Waals surface area contributed by atoms with Crippen molar-refractivity contribution >= 4 is 11.6 Å². The van der Waals surface area contributed by atoms with Gasteiger partial charge in [0, 0.05) is 24.8 Å². The Bertz CT molecular complexity index is 452. The van der Waals surface area contributed by atoms with Crippen LogP contribution in [0.3, 0.4) is 0 Å². The molecule has 0 saturated carbocycles. The molecule has 2 heterocycles. The Morgan fingerprint density at radius 3 is 3.12 bits per heavy atom. The molecule has 1 atom stereocenters. The molecule has 0 aromatic carbocycles. The summed E-state index contributed by atoms with van der Waals surface area (Å²) in [6.45, 7) is 1.14. The van der Waals surface area contributed by atoms with E-state index >= 15 is 0 Å². The molecule has 1 aromatic rings. The lowest BCUT2D eigenvalue weighted by atomic mass is 10.1. The van der Waals surface area contributed by atoms with E-state index in [0.717, 1.165) is 5.69 Å². The number of amides is 1. The van der Waals surface area contributed by atoms with Gasteiger partial charge in [-0.25, -0.2) is 4.98 Å². The van der Waals surface area contributed by atoms with Crippen LogP contribution < -0.4 is 10.6 Å². The molecule has 1 aromatic heterocycles. The fourth-order valence-electron chi connectivity index (χ4n) is 1.84. The van der Waals surface area contributed by atoms with Crippen molar-refractivity contribution in [2.75, 3.05) is 18.0 Å². The van der Waals surface area contributed by atoms with E-state index in [1.165, 1.54) is 6.20 Å². The van der Waals surface area contributed by atoms with Gasteiger partial charge in [0.1, 0.15) is 11.8 Å². The van der Waals surface area contributed by atoms with Gasteiger partial charge in [0.05, 0.1) is 0 Å².